The molecule has 0 saturated carbocycles. The van der Waals surface area contributed by atoms with Gasteiger partial charge in [-0.3, -0.25) is 9.80 Å². The van der Waals surface area contributed by atoms with E-state index in [0.29, 0.717) is 6.04 Å². The Kier molecular flexibility index (Phi) is 4.29. The van der Waals surface area contributed by atoms with Gasteiger partial charge in [-0.1, -0.05) is 11.2 Å². The largest absolute Gasteiger partial charge is 0.464 e. The summed E-state index contributed by atoms with van der Waals surface area (Å²) >= 11 is 0. The van der Waals surface area contributed by atoms with Gasteiger partial charge in [-0.25, -0.2) is 0 Å². The van der Waals surface area contributed by atoms with Gasteiger partial charge in [0.1, 0.15) is 11.3 Å². The van der Waals surface area contributed by atoms with E-state index >= 15 is 0 Å². The van der Waals surface area contributed by atoms with Crippen LogP contribution in [0, 0.1) is 19.8 Å². The zero-order valence-electron chi connectivity index (χ0n) is 16.1. The first-order valence-electron chi connectivity index (χ1n) is 10.00. The standard InChI is InChI=1S/C22H27N3O2/c1-15-21(16(2)27-23-15)14-24-10-18-3-5-20(13-24)25(12-18)11-17-4-6-22-19(9-17)7-8-26-22/h4,6-9,18,20H,3,5,10-14H2,1-2H3/t18-,20+/m1/s1. The van der Waals surface area contributed by atoms with Crippen LogP contribution >= 0.6 is 0 Å². The van der Waals surface area contributed by atoms with Crippen LogP contribution in [0.2, 0.25) is 0 Å². The van der Waals surface area contributed by atoms with Crippen molar-refractivity contribution in [2.45, 2.75) is 45.8 Å². The number of nitrogens with zero attached hydrogens (tertiary/aromatic N) is 3. The molecular formula is C22H27N3O2. The van der Waals surface area contributed by atoms with E-state index in [0.717, 1.165) is 42.6 Å². The molecule has 2 aromatic heterocycles. The molecule has 0 radical (unpaired) electrons. The second-order valence-electron chi connectivity index (χ2n) is 8.32. The highest BCUT2D eigenvalue weighted by molar-refractivity contribution is 5.77. The molecule has 3 fully saturated rings. The van der Waals surface area contributed by atoms with Gasteiger partial charge in [-0.05, 0) is 56.4 Å². The van der Waals surface area contributed by atoms with Gasteiger partial charge in [-0.2, -0.15) is 0 Å². The zero-order valence-corrected chi connectivity index (χ0v) is 16.1. The number of aryl methyl sites for hydroxylation is 2. The highest BCUT2D eigenvalue weighted by Crippen LogP contribution is 2.31. The average Bonchev–Trinajstić information content (AvgIpc) is 3.13. The third kappa shape index (κ3) is 3.30. The van der Waals surface area contributed by atoms with E-state index in [9.17, 15) is 0 Å². The van der Waals surface area contributed by atoms with Crippen molar-refractivity contribution in [1.29, 1.82) is 0 Å². The van der Waals surface area contributed by atoms with E-state index < -0.39 is 0 Å². The highest BCUT2D eigenvalue weighted by atomic mass is 16.5. The van der Waals surface area contributed by atoms with E-state index in [1.54, 1.807) is 6.26 Å². The molecule has 3 aromatic rings. The van der Waals surface area contributed by atoms with Crippen molar-refractivity contribution < 1.29 is 8.94 Å². The Morgan fingerprint density at radius 1 is 1.07 bits per heavy atom. The summed E-state index contributed by atoms with van der Waals surface area (Å²) in [5.74, 6) is 1.72. The summed E-state index contributed by atoms with van der Waals surface area (Å²) in [6, 6.07) is 9.28. The van der Waals surface area contributed by atoms with Gasteiger partial charge < -0.3 is 8.94 Å². The fourth-order valence-corrected chi connectivity index (χ4v) is 4.90. The molecule has 6 rings (SSSR count). The summed E-state index contributed by atoms with van der Waals surface area (Å²) in [6.45, 7) is 9.58. The first-order valence-corrected chi connectivity index (χ1v) is 10.00. The number of aromatic nitrogens is 1. The molecule has 0 N–H and O–H groups in total. The predicted molar refractivity (Wildman–Crippen MR) is 104 cm³/mol. The molecule has 0 aliphatic carbocycles. The van der Waals surface area contributed by atoms with Crippen molar-refractivity contribution in [2.75, 3.05) is 19.6 Å². The molecule has 5 heterocycles. The lowest BCUT2D eigenvalue weighted by molar-refractivity contribution is 0.123. The van der Waals surface area contributed by atoms with E-state index in [2.05, 4.69) is 46.1 Å². The zero-order chi connectivity index (χ0) is 18.4. The van der Waals surface area contributed by atoms with Crippen LogP contribution in [0.5, 0.6) is 0 Å². The number of furan rings is 1. The predicted octanol–water partition coefficient (Wildman–Crippen LogP) is 4.13. The van der Waals surface area contributed by atoms with Gasteiger partial charge in [-0.15, -0.1) is 0 Å². The van der Waals surface area contributed by atoms with Crippen molar-refractivity contribution in [3.63, 3.8) is 0 Å². The van der Waals surface area contributed by atoms with Gasteiger partial charge in [0.2, 0.25) is 0 Å². The van der Waals surface area contributed by atoms with Gasteiger partial charge in [0.15, 0.2) is 0 Å². The Hall–Kier alpha value is -2.11. The van der Waals surface area contributed by atoms with Gasteiger partial charge in [0.05, 0.1) is 12.0 Å². The molecule has 2 atom stereocenters. The SMILES string of the molecule is Cc1noc(C)c1CN1C[C@H]2CC[C@@H](C1)N(Cc1ccc3occc3c1)C2. The van der Waals surface area contributed by atoms with Crippen molar-refractivity contribution in [3.05, 3.63) is 53.1 Å². The molecule has 142 valence electrons. The topological polar surface area (TPSA) is 45.7 Å². The number of fused-ring (bicyclic) bond motifs is 5. The minimum Gasteiger partial charge on any atom is -0.464 e. The Balaban J connectivity index is 1.31. The Labute approximate surface area is 159 Å². The lowest BCUT2D eigenvalue weighted by Gasteiger charge is -2.36. The quantitative estimate of drug-likeness (QED) is 0.695. The number of hydrogen-bond acceptors (Lipinski definition) is 5. The lowest BCUT2D eigenvalue weighted by Crippen LogP contribution is -2.43. The highest BCUT2D eigenvalue weighted by Gasteiger charge is 2.35. The molecule has 3 aliphatic heterocycles. The molecule has 5 nitrogen and oxygen atoms in total. The minimum absolute atomic E-state index is 0.629. The Morgan fingerprint density at radius 2 is 2.00 bits per heavy atom. The minimum atomic E-state index is 0.629. The first kappa shape index (κ1) is 17.0. The molecule has 0 spiro atoms. The monoisotopic (exact) mass is 365 g/mol. The summed E-state index contributed by atoms with van der Waals surface area (Å²) < 4.78 is 10.9. The maximum Gasteiger partial charge on any atom is 0.138 e. The van der Waals surface area contributed by atoms with Crippen molar-refractivity contribution >= 4 is 11.0 Å². The second kappa shape index (κ2) is 6.80. The van der Waals surface area contributed by atoms with E-state index in [1.807, 2.05) is 6.92 Å². The first-order chi connectivity index (χ1) is 13.2. The van der Waals surface area contributed by atoms with E-state index in [4.69, 9.17) is 8.94 Å². The van der Waals surface area contributed by atoms with Crippen molar-refractivity contribution in [3.8, 4) is 0 Å². The van der Waals surface area contributed by atoms with Crippen molar-refractivity contribution in [2.24, 2.45) is 5.92 Å². The lowest BCUT2D eigenvalue weighted by atomic mass is 9.94. The van der Waals surface area contributed by atoms with Gasteiger partial charge >= 0.3 is 0 Å². The smallest absolute Gasteiger partial charge is 0.138 e. The van der Waals surface area contributed by atoms with Crippen LogP contribution in [0.3, 0.4) is 0 Å². The van der Waals surface area contributed by atoms with Crippen LogP contribution in [0.25, 0.3) is 11.0 Å². The maximum absolute atomic E-state index is 5.48. The van der Waals surface area contributed by atoms with Gasteiger partial charge in [0.25, 0.3) is 0 Å². The number of benzene rings is 1. The third-order valence-corrected chi connectivity index (χ3v) is 6.37. The van der Waals surface area contributed by atoms with Crippen LogP contribution in [-0.4, -0.2) is 40.6 Å². The normalized spacial score (nSPS) is 23.9. The van der Waals surface area contributed by atoms with Crippen LogP contribution < -0.4 is 0 Å². The third-order valence-electron chi connectivity index (χ3n) is 6.37. The summed E-state index contributed by atoms with van der Waals surface area (Å²) in [7, 11) is 0. The molecule has 0 amide bonds. The Bertz CT molecular complexity index is 925. The number of rotatable bonds is 4. The van der Waals surface area contributed by atoms with Crippen LogP contribution in [0.1, 0.15) is 35.4 Å². The van der Waals surface area contributed by atoms with Gasteiger partial charge in [0, 0.05) is 49.7 Å². The molecule has 3 saturated heterocycles. The maximum atomic E-state index is 5.48. The van der Waals surface area contributed by atoms with Crippen molar-refractivity contribution in [1.82, 2.24) is 15.0 Å². The average molecular weight is 365 g/mol. The van der Waals surface area contributed by atoms with E-state index in [1.165, 1.54) is 42.4 Å². The fraction of sp³-hybridized carbons (Fsp3) is 0.500. The summed E-state index contributed by atoms with van der Waals surface area (Å²) in [5, 5.41) is 5.33. The van der Waals surface area contributed by atoms with Crippen LogP contribution in [0.15, 0.2) is 39.5 Å². The summed E-state index contributed by atoms with van der Waals surface area (Å²) in [6.07, 6.45) is 4.42. The van der Waals surface area contributed by atoms with E-state index in [-0.39, 0.29) is 0 Å². The van der Waals surface area contributed by atoms with Crippen LogP contribution in [0.4, 0.5) is 0 Å². The molecular weight excluding hydrogens is 338 g/mol. The van der Waals surface area contributed by atoms with Crippen LogP contribution in [-0.2, 0) is 13.1 Å². The molecule has 1 aromatic carbocycles. The number of piperidine rings is 1. The molecule has 2 bridgehead atoms. The fourth-order valence-electron chi connectivity index (χ4n) is 4.90. The second-order valence-corrected chi connectivity index (χ2v) is 8.32. The number of hydrogen-bond donors (Lipinski definition) is 0. The Morgan fingerprint density at radius 3 is 2.85 bits per heavy atom. The summed E-state index contributed by atoms with van der Waals surface area (Å²) in [4.78, 5) is 5.32. The molecule has 27 heavy (non-hydrogen) atoms. The molecule has 3 aliphatic rings. The molecule has 0 unspecified atom stereocenters. The molecule has 5 heteroatoms. The summed E-state index contributed by atoms with van der Waals surface area (Å²) in [5.41, 5.74) is 4.66.